The molecule has 24 heavy (non-hydrogen) atoms. The van der Waals surface area contributed by atoms with Gasteiger partial charge in [0.1, 0.15) is 12.6 Å². The summed E-state index contributed by atoms with van der Waals surface area (Å²) in [4.78, 5) is 27.0. The van der Waals surface area contributed by atoms with Crippen LogP contribution in [0.5, 0.6) is 0 Å². The van der Waals surface area contributed by atoms with Gasteiger partial charge in [-0.25, -0.2) is 9.59 Å². The molecular weight excluding hydrogens is 332 g/mol. The summed E-state index contributed by atoms with van der Waals surface area (Å²) in [5.74, 6) is 0. The summed E-state index contributed by atoms with van der Waals surface area (Å²) in [7, 11) is 1.73. The van der Waals surface area contributed by atoms with Gasteiger partial charge in [0.25, 0.3) is 0 Å². The molecule has 0 saturated carbocycles. The molecule has 2 fully saturated rings. The van der Waals surface area contributed by atoms with Crippen molar-refractivity contribution in [2.75, 3.05) is 36.5 Å². The van der Waals surface area contributed by atoms with Gasteiger partial charge in [-0.2, -0.15) is 0 Å². The molecule has 0 bridgehead atoms. The Morgan fingerprint density at radius 3 is 2.54 bits per heavy atom. The van der Waals surface area contributed by atoms with Crippen molar-refractivity contribution >= 4 is 41.3 Å². The highest BCUT2D eigenvalue weighted by Gasteiger charge is 2.41. The molecule has 1 aromatic carbocycles. The lowest BCUT2D eigenvalue weighted by Crippen LogP contribution is -2.48. The molecule has 0 aliphatic carbocycles. The second kappa shape index (κ2) is 7.02. The number of benzene rings is 1. The average Bonchev–Trinajstić information content (AvgIpc) is 3.16. The third-order valence-electron chi connectivity index (χ3n) is 4.00. The summed E-state index contributed by atoms with van der Waals surface area (Å²) in [5, 5.41) is 5.92. The number of anilines is 2. The number of cyclic esters (lactones) is 2. The van der Waals surface area contributed by atoms with Gasteiger partial charge < -0.3 is 14.8 Å². The van der Waals surface area contributed by atoms with E-state index in [2.05, 4.69) is 10.6 Å². The minimum atomic E-state index is -0.437. The van der Waals surface area contributed by atoms with Crippen LogP contribution in [0.25, 0.3) is 0 Å². The zero-order valence-corrected chi connectivity index (χ0v) is 13.9. The molecule has 2 heterocycles. The lowest BCUT2D eigenvalue weighted by molar-refractivity contribution is 0.116. The number of thiocarbonyl (C=S) groups is 1. The van der Waals surface area contributed by atoms with Gasteiger partial charge in [-0.1, -0.05) is 12.2 Å². The lowest BCUT2D eigenvalue weighted by Gasteiger charge is -2.24. The number of carbonyl (C=O) groups excluding carboxylic acids is 2. The second-order valence-corrected chi connectivity index (χ2v) is 5.57. The Morgan fingerprint density at radius 1 is 1.25 bits per heavy atom. The van der Waals surface area contributed by atoms with E-state index in [0.29, 0.717) is 25.4 Å². The van der Waals surface area contributed by atoms with Crippen LogP contribution in [0, 0.1) is 0 Å². The molecule has 2 aliphatic heterocycles. The second-order valence-electron chi connectivity index (χ2n) is 5.34. The Hall–Kier alpha value is -2.39. The molecular formula is C15H18N4O4S. The van der Waals surface area contributed by atoms with Crippen LogP contribution >= 0.6 is 12.2 Å². The number of hydrogen-bond acceptors (Lipinski definition) is 6. The van der Waals surface area contributed by atoms with Crippen molar-refractivity contribution in [2.24, 2.45) is 0 Å². The predicted molar refractivity (Wildman–Crippen MR) is 92.4 cm³/mol. The van der Waals surface area contributed by atoms with E-state index in [0.717, 1.165) is 5.69 Å². The van der Waals surface area contributed by atoms with Crippen LogP contribution in [0.2, 0.25) is 0 Å². The number of amides is 2. The normalized spacial score (nSPS) is 23.2. The van der Waals surface area contributed by atoms with Crippen LogP contribution in [0.4, 0.5) is 21.0 Å². The fourth-order valence-electron chi connectivity index (χ4n) is 2.85. The molecule has 1 aromatic rings. The predicted octanol–water partition coefficient (Wildman–Crippen LogP) is 1.06. The van der Waals surface area contributed by atoms with E-state index < -0.39 is 12.3 Å². The Bertz CT molecular complexity index is 639. The third kappa shape index (κ3) is 3.00. The molecule has 0 spiro atoms. The Balaban J connectivity index is 1.81. The number of rotatable bonds is 6. The summed E-state index contributed by atoms with van der Waals surface area (Å²) in [6.07, 6.45) is -1.23. The Morgan fingerprint density at radius 2 is 1.96 bits per heavy atom. The molecule has 2 saturated heterocycles. The van der Waals surface area contributed by atoms with E-state index >= 15 is 0 Å². The number of carbonyl (C=O) groups is 2. The summed E-state index contributed by atoms with van der Waals surface area (Å²) < 4.78 is 10.3. The maximum atomic E-state index is 12.2. The molecule has 2 aliphatic rings. The molecule has 0 aromatic heterocycles. The number of ether oxygens (including phenoxy) is 2. The first-order valence-electron chi connectivity index (χ1n) is 7.54. The van der Waals surface area contributed by atoms with E-state index in [1.165, 1.54) is 5.49 Å². The topological polar surface area (TPSA) is 83.1 Å². The first-order valence-corrected chi connectivity index (χ1v) is 8.01. The molecule has 128 valence electrons. The van der Waals surface area contributed by atoms with Gasteiger partial charge in [-0.3, -0.25) is 15.1 Å². The van der Waals surface area contributed by atoms with Crippen LogP contribution in [0.1, 0.15) is 0 Å². The fourth-order valence-corrected chi connectivity index (χ4v) is 2.95. The average molecular weight is 350 g/mol. The van der Waals surface area contributed by atoms with Crippen molar-refractivity contribution in [3.05, 3.63) is 24.3 Å². The van der Waals surface area contributed by atoms with Crippen LogP contribution in [-0.4, -0.2) is 56.7 Å². The van der Waals surface area contributed by atoms with Gasteiger partial charge in [0.15, 0.2) is 6.23 Å². The third-order valence-corrected chi connectivity index (χ3v) is 4.17. The van der Waals surface area contributed by atoms with E-state index in [1.54, 1.807) is 41.1 Å². The minimum Gasteiger partial charge on any atom is -0.447 e. The van der Waals surface area contributed by atoms with Gasteiger partial charge in [-0.15, -0.1) is 0 Å². The number of likely N-dealkylation sites (N-methyl/N-ethyl adjacent to an activating group) is 1. The largest absolute Gasteiger partial charge is 0.447 e. The molecule has 9 heteroatoms. The molecule has 2 amide bonds. The SMILES string of the molecule is CN[C@H]1OC(=O)N(c2ccc(N3CCOC3=O)cc2)C1CNC=S. The zero-order valence-electron chi connectivity index (χ0n) is 13.1. The van der Waals surface area contributed by atoms with E-state index in [1.807, 2.05) is 0 Å². The highest BCUT2D eigenvalue weighted by molar-refractivity contribution is 7.78. The molecule has 0 radical (unpaired) electrons. The first kappa shape index (κ1) is 16.5. The van der Waals surface area contributed by atoms with Crippen molar-refractivity contribution in [3.63, 3.8) is 0 Å². The highest BCUT2D eigenvalue weighted by Crippen LogP contribution is 2.28. The fraction of sp³-hybridized carbons (Fsp3) is 0.400. The van der Waals surface area contributed by atoms with Crippen LogP contribution in [0.15, 0.2) is 24.3 Å². The summed E-state index contributed by atoms with van der Waals surface area (Å²) >= 11 is 4.79. The molecule has 8 nitrogen and oxygen atoms in total. The van der Waals surface area contributed by atoms with Gasteiger partial charge in [-0.05, 0) is 31.3 Å². The first-order chi connectivity index (χ1) is 11.7. The van der Waals surface area contributed by atoms with Crippen molar-refractivity contribution < 1.29 is 19.1 Å². The van der Waals surface area contributed by atoms with E-state index in [4.69, 9.17) is 21.7 Å². The summed E-state index contributed by atoms with van der Waals surface area (Å²) in [6.45, 7) is 1.36. The van der Waals surface area contributed by atoms with Crippen LogP contribution in [-0.2, 0) is 9.47 Å². The van der Waals surface area contributed by atoms with E-state index in [9.17, 15) is 9.59 Å². The quantitative estimate of drug-likeness (QED) is 0.742. The summed E-state index contributed by atoms with van der Waals surface area (Å²) in [5.41, 5.74) is 2.83. The Labute approximate surface area is 144 Å². The molecule has 3 rings (SSSR count). The van der Waals surface area contributed by atoms with Gasteiger partial charge in [0.2, 0.25) is 0 Å². The molecule has 2 atom stereocenters. The van der Waals surface area contributed by atoms with Crippen molar-refractivity contribution in [3.8, 4) is 0 Å². The molecule has 1 unspecified atom stereocenters. The van der Waals surface area contributed by atoms with Crippen molar-refractivity contribution in [2.45, 2.75) is 12.3 Å². The lowest BCUT2D eigenvalue weighted by atomic mass is 10.2. The van der Waals surface area contributed by atoms with Crippen molar-refractivity contribution in [1.29, 1.82) is 0 Å². The van der Waals surface area contributed by atoms with Gasteiger partial charge in [0.05, 0.1) is 12.0 Å². The van der Waals surface area contributed by atoms with Crippen LogP contribution in [0.3, 0.4) is 0 Å². The maximum Gasteiger partial charge on any atom is 0.416 e. The highest BCUT2D eigenvalue weighted by atomic mass is 32.1. The minimum absolute atomic E-state index is 0.246. The Kier molecular flexibility index (Phi) is 4.81. The molecule has 2 N–H and O–H groups in total. The van der Waals surface area contributed by atoms with Gasteiger partial charge >= 0.3 is 12.2 Å². The number of nitrogens with one attached hydrogen (secondary N) is 2. The number of nitrogens with zero attached hydrogens (tertiary/aromatic N) is 2. The van der Waals surface area contributed by atoms with E-state index in [-0.39, 0.29) is 12.1 Å². The zero-order chi connectivity index (χ0) is 17.1. The monoisotopic (exact) mass is 350 g/mol. The maximum absolute atomic E-state index is 12.2. The van der Waals surface area contributed by atoms with Crippen molar-refractivity contribution in [1.82, 2.24) is 10.6 Å². The standard InChI is InChI=1S/C15H18N4O4S/c1-16-13-12(8-17-9-24)19(15(21)23-13)11-4-2-10(3-5-11)18-6-7-22-14(18)20/h2-5,9,12-13,16H,6-8H2,1H3,(H,17,24)/t12?,13-/m0/s1. The smallest absolute Gasteiger partial charge is 0.416 e. The summed E-state index contributed by atoms with van der Waals surface area (Å²) in [6, 6.07) is 6.89. The van der Waals surface area contributed by atoms with Crippen LogP contribution < -0.4 is 20.4 Å². The number of hydrogen-bond donors (Lipinski definition) is 2. The van der Waals surface area contributed by atoms with Gasteiger partial charge in [0, 0.05) is 17.9 Å².